The van der Waals surface area contributed by atoms with Crippen LogP contribution in [-0.4, -0.2) is 24.7 Å². The summed E-state index contributed by atoms with van der Waals surface area (Å²) in [5.41, 5.74) is 5.69. The first-order valence-electron chi connectivity index (χ1n) is 8.21. The van der Waals surface area contributed by atoms with Crippen LogP contribution in [-0.2, 0) is 13.6 Å². The molecule has 0 saturated heterocycles. The lowest BCUT2D eigenvalue weighted by molar-refractivity contribution is 0.659. The Morgan fingerprint density at radius 2 is 1.88 bits per heavy atom. The zero-order valence-corrected chi connectivity index (χ0v) is 16.7. The highest BCUT2D eigenvalue weighted by molar-refractivity contribution is 7.80. The minimum Gasteiger partial charge on any atom is -0.330 e. The molecule has 2 aromatic heterocycles. The SMILES string of the molecule is Cc1nn(Cc2ccccc2Cl)c(C)c1NC(=S)Nc1cnn(C)c1C. The quantitative estimate of drug-likeness (QED) is 0.660. The normalized spacial score (nSPS) is 10.8. The average Bonchev–Trinajstić information content (AvgIpc) is 3.05. The fourth-order valence-corrected chi connectivity index (χ4v) is 3.12. The van der Waals surface area contributed by atoms with Crippen LogP contribution in [0.5, 0.6) is 0 Å². The van der Waals surface area contributed by atoms with Crippen LogP contribution in [0, 0.1) is 20.8 Å². The van der Waals surface area contributed by atoms with Gasteiger partial charge in [-0.25, -0.2) is 0 Å². The number of anilines is 2. The monoisotopic (exact) mass is 388 g/mol. The third-order valence-electron chi connectivity index (χ3n) is 4.38. The molecule has 0 saturated carbocycles. The van der Waals surface area contributed by atoms with Gasteiger partial charge in [-0.1, -0.05) is 29.8 Å². The van der Waals surface area contributed by atoms with E-state index in [4.69, 9.17) is 23.8 Å². The summed E-state index contributed by atoms with van der Waals surface area (Å²) in [6.45, 7) is 6.56. The second kappa shape index (κ2) is 7.47. The molecule has 2 N–H and O–H groups in total. The van der Waals surface area contributed by atoms with Gasteiger partial charge in [0.15, 0.2) is 5.11 Å². The van der Waals surface area contributed by atoms with Crippen molar-refractivity contribution in [1.29, 1.82) is 0 Å². The predicted octanol–water partition coefficient (Wildman–Crippen LogP) is 4.05. The minimum absolute atomic E-state index is 0.504. The maximum absolute atomic E-state index is 6.27. The molecule has 0 radical (unpaired) electrons. The molecule has 0 aliphatic rings. The van der Waals surface area contributed by atoms with E-state index in [1.165, 1.54) is 0 Å². The highest BCUT2D eigenvalue weighted by atomic mass is 35.5. The number of nitrogens with zero attached hydrogens (tertiary/aromatic N) is 4. The van der Waals surface area contributed by atoms with Gasteiger partial charge in [-0.15, -0.1) is 0 Å². The molecule has 2 heterocycles. The highest BCUT2D eigenvalue weighted by Crippen LogP contribution is 2.23. The van der Waals surface area contributed by atoms with Gasteiger partial charge in [0.2, 0.25) is 0 Å². The van der Waals surface area contributed by atoms with Gasteiger partial charge in [0, 0.05) is 12.1 Å². The van der Waals surface area contributed by atoms with Gasteiger partial charge in [0.25, 0.3) is 0 Å². The molecule has 136 valence electrons. The van der Waals surface area contributed by atoms with Gasteiger partial charge in [-0.05, 0) is 44.6 Å². The number of aryl methyl sites for hydroxylation is 2. The summed E-state index contributed by atoms with van der Waals surface area (Å²) in [6, 6.07) is 7.78. The van der Waals surface area contributed by atoms with Gasteiger partial charge >= 0.3 is 0 Å². The van der Waals surface area contributed by atoms with Gasteiger partial charge in [-0.3, -0.25) is 9.36 Å². The fraction of sp³-hybridized carbons (Fsp3) is 0.278. The number of aromatic nitrogens is 4. The lowest BCUT2D eigenvalue weighted by Crippen LogP contribution is -2.20. The first-order chi connectivity index (χ1) is 12.4. The summed E-state index contributed by atoms with van der Waals surface area (Å²) in [4.78, 5) is 0. The summed E-state index contributed by atoms with van der Waals surface area (Å²) in [5, 5.41) is 16.5. The van der Waals surface area contributed by atoms with Crippen molar-refractivity contribution in [3.05, 3.63) is 58.1 Å². The van der Waals surface area contributed by atoms with Crippen LogP contribution in [0.15, 0.2) is 30.5 Å². The second-order valence-corrected chi connectivity index (χ2v) is 6.96. The molecule has 0 atom stereocenters. The van der Waals surface area contributed by atoms with Gasteiger partial charge in [0.05, 0.1) is 41.2 Å². The smallest absolute Gasteiger partial charge is 0.175 e. The lowest BCUT2D eigenvalue weighted by atomic mass is 10.2. The zero-order valence-electron chi connectivity index (χ0n) is 15.2. The van der Waals surface area contributed by atoms with Crippen molar-refractivity contribution in [3.8, 4) is 0 Å². The van der Waals surface area contributed by atoms with Crippen molar-refractivity contribution in [2.75, 3.05) is 10.6 Å². The first-order valence-corrected chi connectivity index (χ1v) is 8.99. The summed E-state index contributed by atoms with van der Waals surface area (Å²) in [5.74, 6) is 0. The Hall–Kier alpha value is -2.38. The molecular formula is C18H21ClN6S. The van der Waals surface area contributed by atoms with E-state index >= 15 is 0 Å². The standard InChI is InChI=1S/C18H21ClN6S/c1-11-17(22-18(26)21-16-9-20-24(4)12(16)2)13(3)25(23-11)10-14-7-5-6-8-15(14)19/h5-9H,10H2,1-4H3,(H2,21,22,26). The molecule has 3 aromatic rings. The molecule has 26 heavy (non-hydrogen) atoms. The Balaban J connectivity index is 1.76. The van der Waals surface area contributed by atoms with E-state index < -0.39 is 0 Å². The number of nitrogens with one attached hydrogen (secondary N) is 2. The summed E-state index contributed by atoms with van der Waals surface area (Å²) >= 11 is 11.7. The first kappa shape index (κ1) is 18.4. The Labute approximate surface area is 163 Å². The number of benzene rings is 1. The molecule has 0 amide bonds. The Kier molecular flexibility index (Phi) is 5.29. The van der Waals surface area contributed by atoms with E-state index in [9.17, 15) is 0 Å². The van der Waals surface area contributed by atoms with Crippen molar-refractivity contribution in [2.24, 2.45) is 7.05 Å². The summed E-state index contributed by atoms with van der Waals surface area (Å²) in [6.07, 6.45) is 1.75. The molecule has 0 aliphatic carbocycles. The van der Waals surface area contributed by atoms with Crippen molar-refractivity contribution in [2.45, 2.75) is 27.3 Å². The van der Waals surface area contributed by atoms with Crippen molar-refractivity contribution in [1.82, 2.24) is 19.6 Å². The largest absolute Gasteiger partial charge is 0.330 e. The Morgan fingerprint density at radius 1 is 1.15 bits per heavy atom. The van der Waals surface area contributed by atoms with Crippen LogP contribution in [0.2, 0.25) is 5.02 Å². The maximum atomic E-state index is 6.27. The van der Waals surface area contributed by atoms with Crippen molar-refractivity contribution < 1.29 is 0 Å². The summed E-state index contributed by atoms with van der Waals surface area (Å²) in [7, 11) is 1.89. The van der Waals surface area contributed by atoms with Crippen LogP contribution in [0.3, 0.4) is 0 Å². The predicted molar refractivity (Wildman–Crippen MR) is 110 cm³/mol. The Morgan fingerprint density at radius 3 is 2.54 bits per heavy atom. The molecule has 0 spiro atoms. The van der Waals surface area contributed by atoms with E-state index in [-0.39, 0.29) is 0 Å². The van der Waals surface area contributed by atoms with E-state index in [2.05, 4.69) is 20.8 Å². The van der Waals surface area contributed by atoms with Gasteiger partial charge in [0.1, 0.15) is 0 Å². The number of hydrogen-bond donors (Lipinski definition) is 2. The minimum atomic E-state index is 0.504. The molecule has 0 bridgehead atoms. The van der Waals surface area contributed by atoms with Crippen LogP contribution >= 0.6 is 23.8 Å². The molecular weight excluding hydrogens is 368 g/mol. The number of halogens is 1. The van der Waals surface area contributed by atoms with Crippen LogP contribution in [0.1, 0.15) is 22.6 Å². The lowest BCUT2D eigenvalue weighted by Gasteiger charge is -2.11. The third kappa shape index (κ3) is 3.73. The number of rotatable bonds is 4. The third-order valence-corrected chi connectivity index (χ3v) is 4.95. The second-order valence-electron chi connectivity index (χ2n) is 6.14. The topological polar surface area (TPSA) is 59.7 Å². The van der Waals surface area contributed by atoms with Crippen molar-refractivity contribution >= 4 is 40.3 Å². The highest BCUT2D eigenvalue weighted by Gasteiger charge is 2.14. The van der Waals surface area contributed by atoms with Crippen LogP contribution in [0.25, 0.3) is 0 Å². The average molecular weight is 389 g/mol. The van der Waals surface area contributed by atoms with Crippen LogP contribution < -0.4 is 10.6 Å². The van der Waals surface area contributed by atoms with Crippen LogP contribution in [0.4, 0.5) is 11.4 Å². The zero-order chi connectivity index (χ0) is 18.8. The van der Waals surface area contributed by atoms with E-state index in [1.807, 2.05) is 56.8 Å². The molecule has 1 aromatic carbocycles. The molecule has 6 nitrogen and oxygen atoms in total. The van der Waals surface area contributed by atoms with E-state index in [1.54, 1.807) is 10.9 Å². The molecule has 0 aliphatic heterocycles. The van der Waals surface area contributed by atoms with E-state index in [0.717, 1.165) is 39.0 Å². The molecule has 0 unspecified atom stereocenters. The number of thiocarbonyl (C=S) groups is 1. The van der Waals surface area contributed by atoms with Crippen molar-refractivity contribution in [3.63, 3.8) is 0 Å². The van der Waals surface area contributed by atoms with E-state index in [0.29, 0.717) is 11.7 Å². The fourth-order valence-electron chi connectivity index (χ4n) is 2.71. The molecule has 3 rings (SSSR count). The number of hydrogen-bond acceptors (Lipinski definition) is 3. The molecule has 8 heteroatoms. The van der Waals surface area contributed by atoms with Gasteiger partial charge in [-0.2, -0.15) is 10.2 Å². The maximum Gasteiger partial charge on any atom is 0.175 e. The molecule has 0 fully saturated rings. The summed E-state index contributed by atoms with van der Waals surface area (Å²) < 4.78 is 3.72. The van der Waals surface area contributed by atoms with Gasteiger partial charge < -0.3 is 10.6 Å². The Bertz CT molecular complexity index is 959.